The average Bonchev–Trinajstić information content (AvgIpc) is 2.86. The summed E-state index contributed by atoms with van der Waals surface area (Å²) in [5.74, 6) is 0.782. The van der Waals surface area contributed by atoms with Gasteiger partial charge in [-0.1, -0.05) is 18.2 Å². The number of fused-ring (bicyclic) bond motifs is 1. The van der Waals surface area contributed by atoms with E-state index in [1.807, 2.05) is 60.1 Å². The molecular formula is C15H12N4. The Hall–Kier alpha value is -2.80. The number of aromatic nitrogens is 2. The highest BCUT2D eigenvalue weighted by Crippen LogP contribution is 2.24. The second-order valence-corrected chi connectivity index (χ2v) is 4.18. The van der Waals surface area contributed by atoms with Gasteiger partial charge < -0.3 is 5.32 Å². The maximum atomic E-state index is 9.16. The Morgan fingerprint density at radius 3 is 2.89 bits per heavy atom. The zero-order chi connectivity index (χ0) is 13.2. The van der Waals surface area contributed by atoms with Crippen molar-refractivity contribution in [2.24, 2.45) is 0 Å². The van der Waals surface area contributed by atoms with Gasteiger partial charge in [-0.15, -0.1) is 0 Å². The molecule has 0 unspecified atom stereocenters. The van der Waals surface area contributed by atoms with Crippen molar-refractivity contribution in [3.8, 4) is 17.5 Å². The van der Waals surface area contributed by atoms with E-state index in [0.717, 1.165) is 22.6 Å². The van der Waals surface area contributed by atoms with Gasteiger partial charge in [0.25, 0.3) is 0 Å². The highest BCUT2D eigenvalue weighted by atomic mass is 15.0. The number of anilines is 1. The molecule has 1 aromatic carbocycles. The van der Waals surface area contributed by atoms with Crippen molar-refractivity contribution >= 4 is 11.2 Å². The molecule has 0 saturated carbocycles. The molecule has 19 heavy (non-hydrogen) atoms. The number of nitriles is 1. The van der Waals surface area contributed by atoms with Crippen molar-refractivity contribution in [2.45, 2.75) is 0 Å². The fourth-order valence-corrected chi connectivity index (χ4v) is 2.14. The molecule has 0 aliphatic rings. The zero-order valence-corrected chi connectivity index (χ0v) is 10.5. The summed E-state index contributed by atoms with van der Waals surface area (Å²) in [7, 11) is 1.88. The fourth-order valence-electron chi connectivity index (χ4n) is 2.14. The Kier molecular flexibility index (Phi) is 2.66. The standard InChI is InChI=1S/C15H12N4/c1-17-12-6-4-5-11(9-12)15-18-13(10-16)14-7-2-3-8-19(14)15/h2-9,17H,1H3. The molecule has 0 bridgehead atoms. The minimum atomic E-state index is 0.450. The van der Waals surface area contributed by atoms with Crippen LogP contribution in [0, 0.1) is 11.3 Å². The van der Waals surface area contributed by atoms with Gasteiger partial charge in [-0.3, -0.25) is 4.40 Å². The summed E-state index contributed by atoms with van der Waals surface area (Å²) >= 11 is 0. The smallest absolute Gasteiger partial charge is 0.166 e. The number of pyridine rings is 1. The minimum Gasteiger partial charge on any atom is -0.388 e. The topological polar surface area (TPSA) is 53.1 Å². The third kappa shape index (κ3) is 1.81. The summed E-state index contributed by atoms with van der Waals surface area (Å²) in [6.45, 7) is 0. The first-order valence-corrected chi connectivity index (χ1v) is 5.99. The average molecular weight is 248 g/mol. The lowest BCUT2D eigenvalue weighted by Gasteiger charge is -2.04. The first-order valence-electron chi connectivity index (χ1n) is 5.99. The van der Waals surface area contributed by atoms with E-state index in [1.165, 1.54) is 0 Å². The van der Waals surface area contributed by atoms with E-state index >= 15 is 0 Å². The molecular weight excluding hydrogens is 236 g/mol. The Bertz CT molecular complexity index is 780. The van der Waals surface area contributed by atoms with Crippen molar-refractivity contribution in [2.75, 3.05) is 12.4 Å². The molecule has 2 heterocycles. The van der Waals surface area contributed by atoms with Crippen LogP contribution in [0.3, 0.4) is 0 Å². The molecule has 92 valence electrons. The largest absolute Gasteiger partial charge is 0.388 e. The Balaban J connectivity index is 2.28. The predicted octanol–water partition coefficient (Wildman–Crippen LogP) is 2.91. The maximum Gasteiger partial charge on any atom is 0.166 e. The summed E-state index contributed by atoms with van der Waals surface area (Å²) in [5, 5.41) is 12.3. The Labute approximate surface area is 110 Å². The third-order valence-corrected chi connectivity index (χ3v) is 3.06. The van der Waals surface area contributed by atoms with E-state index in [9.17, 15) is 0 Å². The summed E-state index contributed by atoms with van der Waals surface area (Å²) in [4.78, 5) is 4.43. The van der Waals surface area contributed by atoms with Gasteiger partial charge in [0.05, 0.1) is 5.52 Å². The number of imidazole rings is 1. The second kappa shape index (κ2) is 4.46. The summed E-state index contributed by atoms with van der Waals surface area (Å²) in [6, 6.07) is 15.8. The van der Waals surface area contributed by atoms with Crippen molar-refractivity contribution in [3.63, 3.8) is 0 Å². The molecule has 3 rings (SSSR count). The van der Waals surface area contributed by atoms with Crippen LogP contribution in [-0.4, -0.2) is 16.4 Å². The molecule has 0 saturated heterocycles. The van der Waals surface area contributed by atoms with Crippen molar-refractivity contribution in [3.05, 3.63) is 54.4 Å². The minimum absolute atomic E-state index is 0.450. The van der Waals surface area contributed by atoms with Gasteiger partial charge in [-0.2, -0.15) is 5.26 Å². The quantitative estimate of drug-likeness (QED) is 0.758. The highest BCUT2D eigenvalue weighted by molar-refractivity contribution is 5.70. The lowest BCUT2D eigenvalue weighted by molar-refractivity contribution is 1.16. The number of nitrogens with zero attached hydrogens (tertiary/aromatic N) is 3. The van der Waals surface area contributed by atoms with Crippen LogP contribution in [0.1, 0.15) is 5.69 Å². The van der Waals surface area contributed by atoms with Crippen LogP contribution in [0.5, 0.6) is 0 Å². The van der Waals surface area contributed by atoms with E-state index < -0.39 is 0 Å². The number of rotatable bonds is 2. The molecule has 4 heteroatoms. The van der Waals surface area contributed by atoms with E-state index in [0.29, 0.717) is 5.69 Å². The Morgan fingerprint density at radius 2 is 2.11 bits per heavy atom. The maximum absolute atomic E-state index is 9.16. The van der Waals surface area contributed by atoms with Crippen LogP contribution < -0.4 is 5.32 Å². The molecule has 0 fully saturated rings. The van der Waals surface area contributed by atoms with Gasteiger partial charge in [-0.05, 0) is 24.3 Å². The van der Waals surface area contributed by atoms with Crippen molar-refractivity contribution < 1.29 is 0 Å². The van der Waals surface area contributed by atoms with Gasteiger partial charge in [0.1, 0.15) is 11.9 Å². The van der Waals surface area contributed by atoms with Crippen LogP contribution in [0.2, 0.25) is 0 Å². The van der Waals surface area contributed by atoms with E-state index in [4.69, 9.17) is 5.26 Å². The molecule has 3 aromatic rings. The Morgan fingerprint density at radius 1 is 1.21 bits per heavy atom. The normalized spacial score (nSPS) is 10.3. The molecule has 4 nitrogen and oxygen atoms in total. The number of benzene rings is 1. The lowest BCUT2D eigenvalue weighted by Crippen LogP contribution is -1.91. The monoisotopic (exact) mass is 248 g/mol. The summed E-state index contributed by atoms with van der Waals surface area (Å²) in [6.07, 6.45) is 1.92. The molecule has 1 N–H and O–H groups in total. The SMILES string of the molecule is CNc1cccc(-c2nc(C#N)c3ccccn23)c1. The molecule has 0 spiro atoms. The van der Waals surface area contributed by atoms with Crippen LogP contribution >= 0.6 is 0 Å². The second-order valence-electron chi connectivity index (χ2n) is 4.18. The highest BCUT2D eigenvalue weighted by Gasteiger charge is 2.11. The van der Waals surface area contributed by atoms with Crippen LogP contribution in [0.25, 0.3) is 16.9 Å². The molecule has 2 aromatic heterocycles. The van der Waals surface area contributed by atoms with Gasteiger partial charge >= 0.3 is 0 Å². The summed E-state index contributed by atoms with van der Waals surface area (Å²) in [5.41, 5.74) is 3.28. The van der Waals surface area contributed by atoms with Gasteiger partial charge in [0.15, 0.2) is 5.69 Å². The molecule has 0 aliphatic heterocycles. The molecule has 0 atom stereocenters. The zero-order valence-electron chi connectivity index (χ0n) is 10.5. The molecule has 0 amide bonds. The fraction of sp³-hybridized carbons (Fsp3) is 0.0667. The van der Waals surface area contributed by atoms with E-state index in [1.54, 1.807) is 0 Å². The van der Waals surface area contributed by atoms with Crippen LogP contribution in [0.4, 0.5) is 5.69 Å². The third-order valence-electron chi connectivity index (χ3n) is 3.06. The summed E-state index contributed by atoms with van der Waals surface area (Å²) < 4.78 is 1.94. The van der Waals surface area contributed by atoms with E-state index in [-0.39, 0.29) is 0 Å². The van der Waals surface area contributed by atoms with Gasteiger partial charge in [-0.25, -0.2) is 4.98 Å². The van der Waals surface area contributed by atoms with Crippen molar-refractivity contribution in [1.82, 2.24) is 9.38 Å². The number of hydrogen-bond acceptors (Lipinski definition) is 3. The molecule has 0 aliphatic carbocycles. The number of hydrogen-bond donors (Lipinski definition) is 1. The number of nitrogens with one attached hydrogen (secondary N) is 1. The van der Waals surface area contributed by atoms with Crippen LogP contribution in [-0.2, 0) is 0 Å². The lowest BCUT2D eigenvalue weighted by atomic mass is 10.2. The van der Waals surface area contributed by atoms with Gasteiger partial charge in [0, 0.05) is 24.5 Å². The predicted molar refractivity (Wildman–Crippen MR) is 74.9 cm³/mol. The van der Waals surface area contributed by atoms with Gasteiger partial charge in [0.2, 0.25) is 0 Å². The van der Waals surface area contributed by atoms with Crippen LogP contribution in [0.15, 0.2) is 48.7 Å². The molecule has 0 radical (unpaired) electrons. The van der Waals surface area contributed by atoms with Crippen molar-refractivity contribution in [1.29, 1.82) is 5.26 Å². The van der Waals surface area contributed by atoms with E-state index in [2.05, 4.69) is 16.4 Å². The first-order chi connectivity index (χ1) is 9.33. The first kappa shape index (κ1) is 11.3.